The van der Waals surface area contributed by atoms with Crippen LogP contribution in [0.2, 0.25) is 0 Å². The number of aryl methyl sites for hydroxylation is 2. The summed E-state index contributed by atoms with van der Waals surface area (Å²) in [6.45, 7) is 7.03. The smallest absolute Gasteiger partial charge is 0.191 e. The second kappa shape index (κ2) is 11.8. The summed E-state index contributed by atoms with van der Waals surface area (Å²) in [5.74, 6) is 4.23. The molecule has 3 rings (SSSR count). The SMILES string of the molecule is CCNC(=NCCCOc1cccc(OC)c1)NC1CCCn2nc(C)nc21.I. The van der Waals surface area contributed by atoms with Crippen molar-refractivity contribution in [2.45, 2.75) is 45.7 Å². The van der Waals surface area contributed by atoms with Crippen molar-refractivity contribution < 1.29 is 9.47 Å². The van der Waals surface area contributed by atoms with E-state index in [0.717, 1.165) is 61.5 Å². The molecule has 0 radical (unpaired) electrons. The molecule has 1 aliphatic rings. The summed E-state index contributed by atoms with van der Waals surface area (Å²) in [7, 11) is 1.65. The zero-order valence-electron chi connectivity index (χ0n) is 17.4. The fourth-order valence-corrected chi connectivity index (χ4v) is 3.23. The maximum absolute atomic E-state index is 5.78. The van der Waals surface area contributed by atoms with Gasteiger partial charge < -0.3 is 20.1 Å². The summed E-state index contributed by atoms with van der Waals surface area (Å²) >= 11 is 0. The van der Waals surface area contributed by atoms with Crippen LogP contribution in [-0.2, 0) is 6.54 Å². The number of rotatable bonds is 8. The summed E-state index contributed by atoms with van der Waals surface area (Å²) in [6.07, 6.45) is 2.94. The summed E-state index contributed by atoms with van der Waals surface area (Å²) in [5.41, 5.74) is 0. The van der Waals surface area contributed by atoms with Gasteiger partial charge >= 0.3 is 0 Å². The first-order valence-corrected chi connectivity index (χ1v) is 9.92. The van der Waals surface area contributed by atoms with Gasteiger partial charge in [-0.3, -0.25) is 4.99 Å². The Hall–Kier alpha value is -2.04. The van der Waals surface area contributed by atoms with E-state index in [0.29, 0.717) is 13.2 Å². The molecule has 0 saturated heterocycles. The van der Waals surface area contributed by atoms with Crippen LogP contribution in [0.1, 0.15) is 43.9 Å². The van der Waals surface area contributed by atoms with Crippen molar-refractivity contribution >= 4 is 29.9 Å². The van der Waals surface area contributed by atoms with E-state index in [4.69, 9.17) is 9.47 Å². The topological polar surface area (TPSA) is 85.6 Å². The molecule has 29 heavy (non-hydrogen) atoms. The van der Waals surface area contributed by atoms with Crippen molar-refractivity contribution in [2.75, 3.05) is 26.8 Å². The normalized spacial score (nSPS) is 15.8. The minimum absolute atomic E-state index is 0. The third kappa shape index (κ3) is 6.76. The monoisotopic (exact) mass is 514 g/mol. The highest BCUT2D eigenvalue weighted by Crippen LogP contribution is 2.23. The Morgan fingerprint density at radius 3 is 2.97 bits per heavy atom. The molecule has 160 valence electrons. The molecule has 2 N–H and O–H groups in total. The Labute approximate surface area is 189 Å². The summed E-state index contributed by atoms with van der Waals surface area (Å²) in [5, 5.41) is 11.3. The van der Waals surface area contributed by atoms with Gasteiger partial charge in [0, 0.05) is 32.1 Å². The number of aromatic nitrogens is 3. The van der Waals surface area contributed by atoms with Crippen molar-refractivity contribution in [1.29, 1.82) is 0 Å². The molecule has 8 nitrogen and oxygen atoms in total. The van der Waals surface area contributed by atoms with E-state index in [-0.39, 0.29) is 30.0 Å². The van der Waals surface area contributed by atoms with Gasteiger partial charge in [-0.05, 0) is 38.8 Å². The van der Waals surface area contributed by atoms with E-state index in [1.807, 2.05) is 35.9 Å². The maximum Gasteiger partial charge on any atom is 0.191 e. The van der Waals surface area contributed by atoms with Crippen LogP contribution in [-0.4, -0.2) is 47.5 Å². The molecule has 1 unspecified atom stereocenters. The fourth-order valence-electron chi connectivity index (χ4n) is 3.23. The second-order valence-corrected chi connectivity index (χ2v) is 6.72. The number of fused-ring (bicyclic) bond motifs is 1. The van der Waals surface area contributed by atoms with E-state index >= 15 is 0 Å². The Kier molecular flexibility index (Phi) is 9.49. The highest BCUT2D eigenvalue weighted by Gasteiger charge is 2.24. The Bertz CT molecular complexity index is 795. The van der Waals surface area contributed by atoms with Gasteiger partial charge in [0.25, 0.3) is 0 Å². The first kappa shape index (κ1) is 23.2. The van der Waals surface area contributed by atoms with Crippen LogP contribution in [0.25, 0.3) is 0 Å². The second-order valence-electron chi connectivity index (χ2n) is 6.72. The third-order valence-corrected chi connectivity index (χ3v) is 4.52. The Balaban J connectivity index is 0.00000300. The van der Waals surface area contributed by atoms with Crippen molar-refractivity contribution in [3.63, 3.8) is 0 Å². The molecule has 0 saturated carbocycles. The molecule has 0 bridgehead atoms. The van der Waals surface area contributed by atoms with Crippen LogP contribution < -0.4 is 20.1 Å². The van der Waals surface area contributed by atoms with Gasteiger partial charge in [-0.25, -0.2) is 9.67 Å². The van der Waals surface area contributed by atoms with Crippen molar-refractivity contribution in [2.24, 2.45) is 4.99 Å². The predicted octanol–water partition coefficient (Wildman–Crippen LogP) is 3.07. The molecule has 2 aromatic rings. The lowest BCUT2D eigenvalue weighted by Gasteiger charge is -2.25. The van der Waals surface area contributed by atoms with E-state index in [1.54, 1.807) is 7.11 Å². The van der Waals surface area contributed by atoms with Crippen LogP contribution in [0.4, 0.5) is 0 Å². The number of benzene rings is 1. The van der Waals surface area contributed by atoms with Crippen LogP contribution in [0.15, 0.2) is 29.3 Å². The standard InChI is InChI=1S/C20H30N6O2.HI/c1-4-21-20(24-18-10-6-12-26-19(18)23-15(2)25-26)22-11-7-13-28-17-9-5-8-16(14-17)27-3;/h5,8-9,14,18H,4,6-7,10-13H2,1-3H3,(H2,21,22,24);1H. The van der Waals surface area contributed by atoms with Crippen LogP contribution in [0, 0.1) is 6.92 Å². The molecule has 1 aromatic carbocycles. The van der Waals surface area contributed by atoms with Crippen LogP contribution in [0.5, 0.6) is 11.5 Å². The third-order valence-electron chi connectivity index (χ3n) is 4.52. The quantitative estimate of drug-likeness (QED) is 0.244. The first-order valence-electron chi connectivity index (χ1n) is 9.92. The molecule has 9 heteroatoms. The van der Waals surface area contributed by atoms with Crippen molar-refractivity contribution in [3.8, 4) is 11.5 Å². The van der Waals surface area contributed by atoms with Gasteiger partial charge in [0.15, 0.2) is 5.96 Å². The molecule has 2 heterocycles. The molecule has 0 spiro atoms. The molecule has 0 aliphatic carbocycles. The van der Waals surface area contributed by atoms with Gasteiger partial charge in [0.1, 0.15) is 23.1 Å². The minimum Gasteiger partial charge on any atom is -0.497 e. The average Bonchev–Trinajstić information content (AvgIpc) is 3.09. The number of nitrogens with one attached hydrogen (secondary N) is 2. The molecule has 0 fully saturated rings. The lowest BCUT2D eigenvalue weighted by molar-refractivity contribution is 0.311. The zero-order chi connectivity index (χ0) is 19.8. The van der Waals surface area contributed by atoms with E-state index in [2.05, 4.69) is 32.6 Å². The molecule has 1 atom stereocenters. The summed E-state index contributed by atoms with van der Waals surface area (Å²) in [4.78, 5) is 9.26. The Morgan fingerprint density at radius 2 is 2.17 bits per heavy atom. The maximum atomic E-state index is 5.78. The highest BCUT2D eigenvalue weighted by atomic mass is 127. The van der Waals surface area contributed by atoms with E-state index < -0.39 is 0 Å². The van der Waals surface area contributed by atoms with Gasteiger partial charge in [-0.2, -0.15) is 5.10 Å². The lowest BCUT2D eigenvalue weighted by Crippen LogP contribution is -2.41. The van der Waals surface area contributed by atoms with E-state index in [9.17, 15) is 0 Å². The van der Waals surface area contributed by atoms with Gasteiger partial charge in [-0.1, -0.05) is 6.07 Å². The largest absolute Gasteiger partial charge is 0.497 e. The predicted molar refractivity (Wildman–Crippen MR) is 124 cm³/mol. The first-order chi connectivity index (χ1) is 13.7. The van der Waals surface area contributed by atoms with Crippen molar-refractivity contribution in [1.82, 2.24) is 25.4 Å². The molecule has 1 aliphatic heterocycles. The number of ether oxygens (including phenoxy) is 2. The van der Waals surface area contributed by atoms with Crippen molar-refractivity contribution in [3.05, 3.63) is 35.9 Å². The summed E-state index contributed by atoms with van der Waals surface area (Å²) in [6, 6.07) is 7.78. The lowest BCUT2D eigenvalue weighted by atomic mass is 10.1. The number of hydrogen-bond donors (Lipinski definition) is 2. The summed E-state index contributed by atoms with van der Waals surface area (Å²) < 4.78 is 13.0. The number of aliphatic imine (C=N–C) groups is 1. The average molecular weight is 514 g/mol. The molecular weight excluding hydrogens is 483 g/mol. The molecule has 1 aromatic heterocycles. The highest BCUT2D eigenvalue weighted by molar-refractivity contribution is 14.0. The van der Waals surface area contributed by atoms with Crippen LogP contribution >= 0.6 is 24.0 Å². The number of guanidine groups is 1. The van der Waals surface area contributed by atoms with Gasteiger partial charge in [0.2, 0.25) is 0 Å². The number of nitrogens with zero attached hydrogens (tertiary/aromatic N) is 4. The Morgan fingerprint density at radius 1 is 1.34 bits per heavy atom. The number of hydrogen-bond acceptors (Lipinski definition) is 5. The van der Waals surface area contributed by atoms with Crippen LogP contribution in [0.3, 0.4) is 0 Å². The molecule has 0 amide bonds. The van der Waals surface area contributed by atoms with Gasteiger partial charge in [0.05, 0.1) is 19.8 Å². The fraction of sp³-hybridized carbons (Fsp3) is 0.550. The number of methoxy groups -OCH3 is 1. The minimum atomic E-state index is 0. The van der Waals surface area contributed by atoms with E-state index in [1.165, 1.54) is 0 Å². The van der Waals surface area contributed by atoms with Gasteiger partial charge in [-0.15, -0.1) is 24.0 Å². The number of halogens is 1. The molecular formula is C20H31IN6O2. The zero-order valence-corrected chi connectivity index (χ0v) is 19.7.